The third-order valence-electron chi connectivity index (χ3n) is 6.01. The maximum atomic E-state index is 14.0. The third kappa shape index (κ3) is 8.13. The van der Waals surface area contributed by atoms with E-state index in [1.54, 1.807) is 55.5 Å². The van der Waals surface area contributed by atoms with Crippen molar-refractivity contribution in [1.29, 1.82) is 0 Å². The molecular formula is C29H32Cl3N3O4S. The van der Waals surface area contributed by atoms with E-state index in [9.17, 15) is 18.0 Å². The first-order chi connectivity index (χ1) is 18.6. The Morgan fingerprint density at radius 3 is 2.12 bits per heavy atom. The molecule has 0 unspecified atom stereocenters. The molecule has 0 aromatic heterocycles. The van der Waals surface area contributed by atoms with Crippen LogP contribution >= 0.6 is 34.8 Å². The van der Waals surface area contributed by atoms with Crippen LogP contribution in [0, 0.1) is 6.92 Å². The summed E-state index contributed by atoms with van der Waals surface area (Å²) < 4.78 is 28.7. The average molecular weight is 625 g/mol. The van der Waals surface area contributed by atoms with Gasteiger partial charge < -0.3 is 10.2 Å². The molecule has 0 radical (unpaired) electrons. The summed E-state index contributed by atoms with van der Waals surface area (Å²) in [6.07, 6.45) is 0. The van der Waals surface area contributed by atoms with E-state index in [2.05, 4.69) is 5.32 Å². The molecule has 0 saturated heterocycles. The molecule has 1 N–H and O–H groups in total. The Balaban J connectivity index is 2.06. The molecule has 214 valence electrons. The quantitative estimate of drug-likeness (QED) is 0.295. The zero-order valence-corrected chi connectivity index (χ0v) is 26.0. The van der Waals surface area contributed by atoms with Crippen molar-refractivity contribution in [2.24, 2.45) is 0 Å². The summed E-state index contributed by atoms with van der Waals surface area (Å²) in [7, 11) is -4.19. The fourth-order valence-electron chi connectivity index (χ4n) is 3.89. The molecule has 0 spiro atoms. The Morgan fingerprint density at radius 1 is 0.925 bits per heavy atom. The average Bonchev–Trinajstić information content (AvgIpc) is 2.85. The molecule has 1 atom stereocenters. The number of hydrogen-bond donors (Lipinski definition) is 1. The van der Waals surface area contributed by atoms with Crippen LogP contribution in [0.2, 0.25) is 15.1 Å². The number of aryl methyl sites for hydroxylation is 1. The maximum Gasteiger partial charge on any atom is 0.264 e. The SMILES string of the molecule is Cc1ccc(S(=O)(=O)N(CC(=O)N(Cc2ccc(Cl)cc2Cl)[C@@H](C)C(=O)NC(C)(C)C)c2cccc(Cl)c2)cc1. The van der Waals surface area contributed by atoms with Gasteiger partial charge >= 0.3 is 0 Å². The van der Waals surface area contributed by atoms with Crippen molar-refractivity contribution in [3.05, 3.63) is 92.9 Å². The first-order valence-electron chi connectivity index (χ1n) is 12.5. The van der Waals surface area contributed by atoms with Crippen molar-refractivity contribution in [3.63, 3.8) is 0 Å². The highest BCUT2D eigenvalue weighted by atomic mass is 35.5. The Kier molecular flexibility index (Phi) is 10.2. The van der Waals surface area contributed by atoms with Gasteiger partial charge in [0.15, 0.2) is 0 Å². The molecule has 0 heterocycles. The molecule has 0 bridgehead atoms. The molecule has 0 aliphatic rings. The van der Waals surface area contributed by atoms with E-state index in [-0.39, 0.29) is 17.1 Å². The van der Waals surface area contributed by atoms with Gasteiger partial charge in [0.2, 0.25) is 11.8 Å². The summed E-state index contributed by atoms with van der Waals surface area (Å²) in [5, 5.41) is 3.91. The number of nitrogens with zero attached hydrogens (tertiary/aromatic N) is 2. The van der Waals surface area contributed by atoms with Crippen LogP contribution < -0.4 is 9.62 Å². The molecule has 3 rings (SSSR count). The van der Waals surface area contributed by atoms with Crippen molar-refractivity contribution >= 4 is 62.3 Å². The first-order valence-corrected chi connectivity index (χ1v) is 15.1. The van der Waals surface area contributed by atoms with Crippen LogP contribution in [0.3, 0.4) is 0 Å². The lowest BCUT2D eigenvalue weighted by atomic mass is 10.1. The Hall–Kier alpha value is -2.78. The summed E-state index contributed by atoms with van der Waals surface area (Å²) in [5.74, 6) is -1.01. The van der Waals surface area contributed by atoms with Crippen LogP contribution in [0.1, 0.15) is 38.8 Å². The number of rotatable bonds is 9. The standard InChI is InChI=1S/C29H32Cl3N3O4S/c1-19-9-13-25(14-10-19)40(38,39)35(24-8-6-7-22(30)15-24)18-27(36)34(20(2)28(37)33-29(3,4)5)17-21-11-12-23(31)16-26(21)32/h6-16,20H,17-18H2,1-5H3,(H,33,37)/t20-/m0/s1. The van der Waals surface area contributed by atoms with Gasteiger partial charge in [0, 0.05) is 27.2 Å². The van der Waals surface area contributed by atoms with Gasteiger partial charge in [0.25, 0.3) is 10.0 Å². The molecule has 7 nitrogen and oxygen atoms in total. The third-order valence-corrected chi connectivity index (χ3v) is 8.62. The molecule has 2 amide bonds. The largest absolute Gasteiger partial charge is 0.350 e. The Labute approximate surface area is 251 Å². The van der Waals surface area contributed by atoms with Crippen molar-refractivity contribution in [2.45, 2.75) is 57.6 Å². The van der Waals surface area contributed by atoms with E-state index in [0.717, 1.165) is 9.87 Å². The zero-order valence-electron chi connectivity index (χ0n) is 22.9. The van der Waals surface area contributed by atoms with E-state index in [1.165, 1.54) is 23.1 Å². The Morgan fingerprint density at radius 2 is 1.55 bits per heavy atom. The molecule has 40 heavy (non-hydrogen) atoms. The number of benzene rings is 3. The van der Waals surface area contributed by atoms with Gasteiger partial charge in [-0.15, -0.1) is 0 Å². The topological polar surface area (TPSA) is 86.8 Å². The van der Waals surface area contributed by atoms with E-state index in [4.69, 9.17) is 34.8 Å². The second kappa shape index (κ2) is 12.8. The summed E-state index contributed by atoms with van der Waals surface area (Å²) in [4.78, 5) is 28.5. The lowest BCUT2D eigenvalue weighted by Gasteiger charge is -2.33. The van der Waals surface area contributed by atoms with Crippen LogP contribution in [0.15, 0.2) is 71.6 Å². The molecular weight excluding hydrogens is 593 g/mol. The fourth-order valence-corrected chi connectivity index (χ4v) is 5.95. The summed E-state index contributed by atoms with van der Waals surface area (Å²) >= 11 is 18.7. The maximum absolute atomic E-state index is 14.0. The minimum atomic E-state index is -4.19. The predicted molar refractivity (Wildman–Crippen MR) is 162 cm³/mol. The number of amides is 2. The number of carbonyl (C=O) groups is 2. The smallest absolute Gasteiger partial charge is 0.264 e. The number of carbonyl (C=O) groups excluding carboxylic acids is 2. The second-order valence-corrected chi connectivity index (χ2v) is 13.6. The van der Waals surface area contributed by atoms with Crippen LogP contribution in [-0.2, 0) is 26.2 Å². The zero-order chi connectivity index (χ0) is 29.8. The predicted octanol–water partition coefficient (Wildman–Crippen LogP) is 6.48. The van der Waals surface area contributed by atoms with Crippen molar-refractivity contribution in [1.82, 2.24) is 10.2 Å². The molecule has 0 aliphatic carbocycles. The van der Waals surface area contributed by atoms with Crippen molar-refractivity contribution in [3.8, 4) is 0 Å². The normalized spacial score (nSPS) is 12.5. The number of sulfonamides is 1. The minimum absolute atomic E-state index is 0.0108. The highest BCUT2D eigenvalue weighted by Gasteiger charge is 2.33. The lowest BCUT2D eigenvalue weighted by Crippen LogP contribution is -2.54. The molecule has 0 saturated carbocycles. The molecule has 0 fully saturated rings. The van der Waals surface area contributed by atoms with Crippen LogP contribution in [0.4, 0.5) is 5.69 Å². The van der Waals surface area contributed by atoms with E-state index >= 15 is 0 Å². The molecule has 11 heteroatoms. The van der Waals surface area contributed by atoms with Crippen LogP contribution in [0.25, 0.3) is 0 Å². The van der Waals surface area contributed by atoms with Crippen LogP contribution in [-0.4, -0.2) is 43.3 Å². The highest BCUT2D eigenvalue weighted by molar-refractivity contribution is 7.92. The summed E-state index contributed by atoms with van der Waals surface area (Å²) in [6.45, 7) is 8.27. The molecule has 3 aromatic carbocycles. The summed E-state index contributed by atoms with van der Waals surface area (Å²) in [5.41, 5.74) is 1.08. The van der Waals surface area contributed by atoms with E-state index in [0.29, 0.717) is 20.6 Å². The van der Waals surface area contributed by atoms with Crippen molar-refractivity contribution < 1.29 is 18.0 Å². The van der Waals surface area contributed by atoms with Gasteiger partial charge in [0.05, 0.1) is 10.6 Å². The molecule has 0 aliphatic heterocycles. The first kappa shape index (κ1) is 31.7. The van der Waals surface area contributed by atoms with Gasteiger partial charge in [0.1, 0.15) is 12.6 Å². The van der Waals surface area contributed by atoms with E-state index in [1.807, 2.05) is 27.7 Å². The van der Waals surface area contributed by atoms with Gasteiger partial charge in [-0.3, -0.25) is 13.9 Å². The minimum Gasteiger partial charge on any atom is -0.350 e. The van der Waals surface area contributed by atoms with E-state index < -0.39 is 40.0 Å². The number of halogens is 3. The fraction of sp³-hybridized carbons (Fsp3) is 0.310. The van der Waals surface area contributed by atoms with Crippen molar-refractivity contribution in [2.75, 3.05) is 10.8 Å². The van der Waals surface area contributed by atoms with Gasteiger partial charge in [-0.1, -0.05) is 64.6 Å². The number of nitrogens with one attached hydrogen (secondary N) is 1. The van der Waals surface area contributed by atoms with Gasteiger partial charge in [-0.2, -0.15) is 0 Å². The lowest BCUT2D eigenvalue weighted by molar-refractivity contribution is -0.140. The summed E-state index contributed by atoms with van der Waals surface area (Å²) in [6, 6.07) is 16.4. The second-order valence-electron chi connectivity index (χ2n) is 10.5. The monoisotopic (exact) mass is 623 g/mol. The number of hydrogen-bond acceptors (Lipinski definition) is 4. The van der Waals surface area contributed by atoms with Crippen LogP contribution in [0.5, 0.6) is 0 Å². The highest BCUT2D eigenvalue weighted by Crippen LogP contribution is 2.28. The van der Waals surface area contributed by atoms with Gasteiger partial charge in [-0.25, -0.2) is 8.42 Å². The molecule has 3 aromatic rings. The Bertz CT molecular complexity index is 1490. The van der Waals surface area contributed by atoms with Gasteiger partial charge in [-0.05, 0) is 82.6 Å². The number of anilines is 1.